The number of benzene rings is 1. The average Bonchev–Trinajstić information content (AvgIpc) is 2.60. The number of carbonyl (C=O) groups excluding carboxylic acids is 1. The number of hydrogen-bond acceptors (Lipinski definition) is 5. The van der Waals surface area contributed by atoms with Crippen molar-refractivity contribution in [3.05, 3.63) is 18.2 Å². The first-order chi connectivity index (χ1) is 11.2. The van der Waals surface area contributed by atoms with E-state index in [1.807, 2.05) is 11.8 Å². The number of rotatable bonds is 7. The lowest BCUT2D eigenvalue weighted by atomic mass is 10.2. The number of nitrogens with one attached hydrogen (secondary N) is 2. The van der Waals surface area contributed by atoms with E-state index in [-0.39, 0.29) is 6.03 Å². The van der Waals surface area contributed by atoms with Crippen molar-refractivity contribution in [3.63, 3.8) is 0 Å². The van der Waals surface area contributed by atoms with Gasteiger partial charge in [-0.25, -0.2) is 4.79 Å². The van der Waals surface area contributed by atoms with Crippen molar-refractivity contribution >= 4 is 23.5 Å². The van der Waals surface area contributed by atoms with E-state index >= 15 is 0 Å². The predicted octanol–water partition coefficient (Wildman–Crippen LogP) is 2.74. The Hall–Kier alpha value is -1.60. The summed E-state index contributed by atoms with van der Waals surface area (Å²) in [7, 11) is 3.15. The van der Waals surface area contributed by atoms with Crippen LogP contribution in [0.3, 0.4) is 0 Å². The van der Waals surface area contributed by atoms with Gasteiger partial charge in [-0.2, -0.15) is 11.8 Å². The van der Waals surface area contributed by atoms with Crippen molar-refractivity contribution in [2.24, 2.45) is 0 Å². The largest absolute Gasteiger partial charge is 0.497 e. The molecule has 2 rings (SSSR count). The maximum absolute atomic E-state index is 11.9. The lowest BCUT2D eigenvalue weighted by molar-refractivity contribution is 0.100. The zero-order valence-electron chi connectivity index (χ0n) is 13.6. The maximum atomic E-state index is 11.9. The Bertz CT molecular complexity index is 507. The molecule has 0 aliphatic carbocycles. The van der Waals surface area contributed by atoms with E-state index in [1.54, 1.807) is 32.4 Å². The van der Waals surface area contributed by atoms with Crippen LogP contribution in [-0.4, -0.2) is 51.0 Å². The Morgan fingerprint density at radius 3 is 2.78 bits per heavy atom. The van der Waals surface area contributed by atoms with Crippen LogP contribution >= 0.6 is 11.8 Å². The normalized spacial score (nSPS) is 15.0. The van der Waals surface area contributed by atoms with Gasteiger partial charge in [0.25, 0.3) is 0 Å². The van der Waals surface area contributed by atoms with Gasteiger partial charge < -0.3 is 24.8 Å². The number of methoxy groups -OCH3 is 2. The molecule has 1 aromatic carbocycles. The number of ether oxygens (including phenoxy) is 3. The van der Waals surface area contributed by atoms with Crippen LogP contribution < -0.4 is 20.1 Å². The molecule has 7 heteroatoms. The quantitative estimate of drug-likeness (QED) is 0.747. The highest BCUT2D eigenvalue weighted by molar-refractivity contribution is 7.99. The van der Waals surface area contributed by atoms with Crippen molar-refractivity contribution in [3.8, 4) is 11.5 Å². The minimum Gasteiger partial charge on any atom is -0.497 e. The van der Waals surface area contributed by atoms with Gasteiger partial charge in [0.15, 0.2) is 0 Å². The third kappa shape index (κ3) is 5.84. The summed E-state index contributed by atoms with van der Waals surface area (Å²) in [6.07, 6.45) is 2.19. The van der Waals surface area contributed by atoms with Gasteiger partial charge in [0.2, 0.25) is 0 Å². The second-order valence-electron chi connectivity index (χ2n) is 5.13. The molecule has 1 saturated heterocycles. The SMILES string of the molecule is COc1ccc(NC(=O)NCCSC2CCOCC2)c(OC)c1. The van der Waals surface area contributed by atoms with Gasteiger partial charge in [0.1, 0.15) is 11.5 Å². The first-order valence-corrected chi connectivity index (χ1v) is 8.74. The van der Waals surface area contributed by atoms with Crippen molar-refractivity contribution in [2.75, 3.05) is 45.0 Å². The molecule has 1 heterocycles. The Labute approximate surface area is 141 Å². The van der Waals surface area contributed by atoms with E-state index in [2.05, 4.69) is 10.6 Å². The summed E-state index contributed by atoms with van der Waals surface area (Å²) in [5.74, 6) is 2.15. The fourth-order valence-corrected chi connectivity index (χ4v) is 3.38. The highest BCUT2D eigenvalue weighted by atomic mass is 32.2. The molecule has 2 N–H and O–H groups in total. The fraction of sp³-hybridized carbons (Fsp3) is 0.562. The van der Waals surface area contributed by atoms with Gasteiger partial charge >= 0.3 is 6.03 Å². The molecule has 0 spiro atoms. The van der Waals surface area contributed by atoms with Gasteiger partial charge in [0.05, 0.1) is 19.9 Å². The highest BCUT2D eigenvalue weighted by Crippen LogP contribution is 2.28. The number of urea groups is 1. The lowest BCUT2D eigenvalue weighted by Gasteiger charge is -2.21. The van der Waals surface area contributed by atoms with Crippen LogP contribution in [0.1, 0.15) is 12.8 Å². The first-order valence-electron chi connectivity index (χ1n) is 7.69. The molecular weight excluding hydrogens is 316 g/mol. The molecular formula is C16H24N2O4S. The number of thioether (sulfide) groups is 1. The molecule has 0 saturated carbocycles. The topological polar surface area (TPSA) is 68.8 Å². The Morgan fingerprint density at radius 1 is 1.30 bits per heavy atom. The van der Waals surface area contributed by atoms with E-state index in [0.717, 1.165) is 31.8 Å². The van der Waals surface area contributed by atoms with Crippen LogP contribution in [0.2, 0.25) is 0 Å². The van der Waals surface area contributed by atoms with Crippen LogP contribution in [-0.2, 0) is 4.74 Å². The second kappa shape index (κ2) is 9.52. The maximum Gasteiger partial charge on any atom is 0.319 e. The molecule has 128 valence electrons. The van der Waals surface area contributed by atoms with E-state index in [9.17, 15) is 4.79 Å². The zero-order valence-corrected chi connectivity index (χ0v) is 14.4. The molecule has 0 aromatic heterocycles. The summed E-state index contributed by atoms with van der Waals surface area (Å²) in [6.45, 7) is 2.33. The summed E-state index contributed by atoms with van der Waals surface area (Å²) >= 11 is 1.89. The smallest absolute Gasteiger partial charge is 0.319 e. The molecule has 1 aliphatic rings. The average molecular weight is 340 g/mol. The van der Waals surface area contributed by atoms with Gasteiger partial charge in [0, 0.05) is 36.8 Å². The number of amides is 2. The minimum absolute atomic E-state index is 0.235. The summed E-state index contributed by atoms with van der Waals surface area (Å²) in [5, 5.41) is 6.30. The van der Waals surface area contributed by atoms with E-state index in [0.29, 0.717) is 29.0 Å². The minimum atomic E-state index is -0.235. The molecule has 1 aliphatic heterocycles. The first kappa shape index (κ1) is 17.7. The standard InChI is InChI=1S/C16H24N2O4S/c1-20-12-3-4-14(15(11-12)21-2)18-16(19)17-7-10-23-13-5-8-22-9-6-13/h3-4,11,13H,5-10H2,1-2H3,(H2,17,18,19). The molecule has 2 amide bonds. The molecule has 0 atom stereocenters. The van der Waals surface area contributed by atoms with E-state index in [4.69, 9.17) is 14.2 Å². The Morgan fingerprint density at radius 2 is 2.09 bits per heavy atom. The summed E-state index contributed by atoms with van der Waals surface area (Å²) < 4.78 is 15.7. The Kier molecular flexibility index (Phi) is 7.35. The number of carbonyl (C=O) groups is 1. The molecule has 0 bridgehead atoms. The van der Waals surface area contributed by atoms with Crippen molar-refractivity contribution in [2.45, 2.75) is 18.1 Å². The predicted molar refractivity (Wildman–Crippen MR) is 92.9 cm³/mol. The van der Waals surface area contributed by atoms with Crippen LogP contribution in [0.5, 0.6) is 11.5 Å². The van der Waals surface area contributed by atoms with Gasteiger partial charge in [-0.05, 0) is 25.0 Å². The highest BCUT2D eigenvalue weighted by Gasteiger charge is 2.14. The van der Waals surface area contributed by atoms with Crippen molar-refractivity contribution in [1.82, 2.24) is 5.32 Å². The van der Waals surface area contributed by atoms with Gasteiger partial charge in [-0.1, -0.05) is 0 Å². The lowest BCUT2D eigenvalue weighted by Crippen LogP contribution is -2.31. The van der Waals surface area contributed by atoms with Crippen molar-refractivity contribution in [1.29, 1.82) is 0 Å². The Balaban J connectivity index is 1.71. The van der Waals surface area contributed by atoms with Crippen LogP contribution in [0.4, 0.5) is 10.5 Å². The van der Waals surface area contributed by atoms with Crippen LogP contribution in [0.25, 0.3) is 0 Å². The van der Waals surface area contributed by atoms with Crippen molar-refractivity contribution < 1.29 is 19.0 Å². The molecule has 0 radical (unpaired) electrons. The van der Waals surface area contributed by atoms with Crippen LogP contribution in [0, 0.1) is 0 Å². The molecule has 0 unspecified atom stereocenters. The summed E-state index contributed by atoms with van der Waals surface area (Å²) in [5.41, 5.74) is 0.614. The molecule has 23 heavy (non-hydrogen) atoms. The molecule has 1 aromatic rings. The van der Waals surface area contributed by atoms with E-state index < -0.39 is 0 Å². The van der Waals surface area contributed by atoms with Gasteiger partial charge in [-0.3, -0.25) is 0 Å². The third-order valence-corrected chi connectivity index (χ3v) is 4.95. The third-order valence-electron chi connectivity index (χ3n) is 3.57. The second-order valence-corrected chi connectivity index (χ2v) is 6.54. The fourth-order valence-electron chi connectivity index (χ4n) is 2.30. The zero-order chi connectivity index (χ0) is 16.5. The number of hydrogen-bond donors (Lipinski definition) is 2. The summed E-state index contributed by atoms with van der Waals surface area (Å²) in [6, 6.07) is 5.03. The monoisotopic (exact) mass is 340 g/mol. The van der Waals surface area contributed by atoms with E-state index in [1.165, 1.54) is 0 Å². The number of anilines is 1. The summed E-state index contributed by atoms with van der Waals surface area (Å²) in [4.78, 5) is 11.9. The van der Waals surface area contributed by atoms with Crippen LogP contribution in [0.15, 0.2) is 18.2 Å². The molecule has 6 nitrogen and oxygen atoms in total. The van der Waals surface area contributed by atoms with Gasteiger partial charge in [-0.15, -0.1) is 0 Å². The molecule has 1 fully saturated rings.